The monoisotopic (exact) mass is 381 g/mol. The third-order valence-electron chi connectivity index (χ3n) is 1.50. The topological polar surface area (TPSA) is 259 Å². The van der Waals surface area contributed by atoms with Crippen molar-refractivity contribution in [3.63, 3.8) is 0 Å². The van der Waals surface area contributed by atoms with Crippen LogP contribution in [0.2, 0.25) is 0 Å². The molecule has 0 saturated carbocycles. The Morgan fingerprint density at radius 3 is 0.750 bits per heavy atom. The first-order valence-electron chi connectivity index (χ1n) is 5.26. The van der Waals surface area contributed by atoms with E-state index in [0.29, 0.717) is 0 Å². The third kappa shape index (κ3) is 31.0. The van der Waals surface area contributed by atoms with E-state index in [0.717, 1.165) is 0 Å². The fraction of sp³-hybridized carbons (Fsp3) is 0.667. The minimum absolute atomic E-state index is 0. The second-order valence-electron chi connectivity index (χ2n) is 3.32. The summed E-state index contributed by atoms with van der Waals surface area (Å²) in [6, 6.07) is -3.71. The molecule has 24 heavy (non-hydrogen) atoms. The molecule has 3 atom stereocenters. The van der Waals surface area contributed by atoms with Crippen LogP contribution in [0.15, 0.2) is 0 Å². The fourth-order valence-electron chi connectivity index (χ4n) is 0.224. The van der Waals surface area contributed by atoms with Crippen molar-refractivity contribution in [3.8, 4) is 0 Å². The van der Waals surface area contributed by atoms with Gasteiger partial charge in [0, 0.05) is 0 Å². The molecular weight excluding hydrogens is 363 g/mol. The Hall–Kier alpha value is 1.17. The number of nitrogens with two attached hydrogens (primary N) is 3. The van der Waals surface area contributed by atoms with Crippen molar-refractivity contribution in [2.45, 2.75) is 18.1 Å². The van der Waals surface area contributed by atoms with Gasteiger partial charge in [-0.3, -0.25) is 0 Å². The maximum absolute atomic E-state index is 9.53. The molecule has 15 heteroatoms. The van der Waals surface area contributed by atoms with Crippen LogP contribution in [0.5, 0.6) is 0 Å². The van der Waals surface area contributed by atoms with Crippen LogP contribution >= 0.6 is 0 Å². The van der Waals surface area contributed by atoms with Gasteiger partial charge in [-0.1, -0.05) is 0 Å². The van der Waals surface area contributed by atoms with Crippen LogP contribution in [-0.4, -0.2) is 71.2 Å². The first-order chi connectivity index (χ1) is 9.54. The quantitative estimate of drug-likeness (QED) is 0.234. The van der Waals surface area contributed by atoms with Crippen molar-refractivity contribution in [2.24, 2.45) is 17.2 Å². The maximum Gasteiger partial charge on any atom is 1.00 e. The first-order valence-corrected chi connectivity index (χ1v) is 5.26. The van der Waals surface area contributed by atoms with Gasteiger partial charge in [0.05, 0.1) is 55.9 Å². The number of hydrogen-bond donors (Lipinski definition) is 6. The second kappa shape index (κ2) is 26.4. The molecule has 0 unspecified atom stereocenters. The van der Waals surface area contributed by atoms with Gasteiger partial charge >= 0.3 is 88.7 Å². The number of carbonyl (C=O) groups is 3. The van der Waals surface area contributed by atoms with Crippen molar-refractivity contribution < 1.29 is 134 Å². The summed E-state index contributed by atoms with van der Waals surface area (Å²) in [5.41, 5.74) is 14.1. The zero-order chi connectivity index (χ0) is 17.6. The predicted molar refractivity (Wildman–Crippen MR) is 60.2 cm³/mol. The SMILES string of the molecule is N[C@@H](CO)C(=O)[O-].N[C@@H](CO)C(=O)[O-].N[C@@H](CO)C(=O)[O-].[Na+].[Na+].[Na+]. The normalized spacial score (nSPS) is 11.8. The van der Waals surface area contributed by atoms with Crippen LogP contribution in [0.1, 0.15) is 0 Å². The molecule has 0 radical (unpaired) electrons. The molecule has 12 nitrogen and oxygen atoms in total. The van der Waals surface area contributed by atoms with Gasteiger partial charge in [0.1, 0.15) is 0 Å². The van der Waals surface area contributed by atoms with E-state index in [-0.39, 0.29) is 88.7 Å². The Morgan fingerprint density at radius 1 is 0.625 bits per heavy atom. The minimum atomic E-state index is -1.43. The molecule has 9 N–H and O–H groups in total. The molecule has 0 aromatic heterocycles. The van der Waals surface area contributed by atoms with Crippen molar-refractivity contribution in [3.05, 3.63) is 0 Å². The Morgan fingerprint density at radius 2 is 0.750 bits per heavy atom. The molecule has 0 aliphatic carbocycles. The number of hydrogen-bond acceptors (Lipinski definition) is 12. The average Bonchev–Trinajstić information content (AvgIpc) is 2.45. The number of aliphatic hydroxyl groups is 3. The van der Waals surface area contributed by atoms with Crippen LogP contribution in [0.3, 0.4) is 0 Å². The summed E-state index contributed by atoms with van der Waals surface area (Å²) in [5, 5.41) is 52.5. The fourth-order valence-corrected chi connectivity index (χ4v) is 0.224. The number of rotatable bonds is 6. The van der Waals surface area contributed by atoms with E-state index in [2.05, 4.69) is 0 Å². The van der Waals surface area contributed by atoms with Gasteiger partial charge in [0.15, 0.2) is 0 Å². The first kappa shape index (κ1) is 40.0. The summed E-state index contributed by atoms with van der Waals surface area (Å²) in [5.74, 6) is -4.28. The smallest absolute Gasteiger partial charge is 0.548 e. The summed E-state index contributed by atoms with van der Waals surface area (Å²) < 4.78 is 0. The number of aliphatic hydroxyl groups excluding tert-OH is 3. The molecule has 0 aromatic rings. The van der Waals surface area contributed by atoms with Gasteiger partial charge in [-0.05, 0) is 0 Å². The van der Waals surface area contributed by atoms with E-state index in [1.807, 2.05) is 0 Å². The van der Waals surface area contributed by atoms with Crippen molar-refractivity contribution in [2.75, 3.05) is 19.8 Å². The molecule has 0 rings (SSSR count). The molecule has 0 fully saturated rings. The molecule has 0 aliphatic rings. The summed E-state index contributed by atoms with van der Waals surface area (Å²) in [6.45, 7) is -1.70. The van der Waals surface area contributed by atoms with Crippen molar-refractivity contribution in [1.82, 2.24) is 0 Å². The Labute approximate surface area is 204 Å². The number of aliphatic carboxylic acids is 3. The van der Waals surface area contributed by atoms with E-state index in [1.165, 1.54) is 0 Å². The van der Waals surface area contributed by atoms with E-state index in [9.17, 15) is 29.7 Å². The summed E-state index contributed by atoms with van der Waals surface area (Å²) in [6.07, 6.45) is 0. The van der Waals surface area contributed by atoms with E-state index in [4.69, 9.17) is 32.5 Å². The molecule has 0 heterocycles. The van der Waals surface area contributed by atoms with Gasteiger partial charge in [0.2, 0.25) is 0 Å². The minimum Gasteiger partial charge on any atom is -0.548 e. The van der Waals surface area contributed by atoms with Crippen LogP contribution < -0.4 is 121 Å². The maximum atomic E-state index is 9.53. The largest absolute Gasteiger partial charge is 1.00 e. The molecule has 0 spiro atoms. The average molecular weight is 381 g/mol. The van der Waals surface area contributed by atoms with E-state index in [1.54, 1.807) is 0 Å². The molecule has 0 aliphatic heterocycles. The number of carbonyl (C=O) groups excluding carboxylic acids is 3. The van der Waals surface area contributed by atoms with Crippen LogP contribution in [-0.2, 0) is 14.4 Å². The van der Waals surface area contributed by atoms with Crippen molar-refractivity contribution in [1.29, 1.82) is 0 Å². The van der Waals surface area contributed by atoms with Crippen LogP contribution in [0.25, 0.3) is 0 Å². The van der Waals surface area contributed by atoms with Gasteiger partial charge < -0.3 is 62.2 Å². The summed E-state index contributed by atoms with van der Waals surface area (Å²) in [4.78, 5) is 28.6. The Balaban J connectivity index is -0.0000000476. The Kier molecular flexibility index (Phi) is 44.0. The molecule has 0 amide bonds. The van der Waals surface area contributed by atoms with Gasteiger partial charge in [-0.2, -0.15) is 0 Å². The van der Waals surface area contributed by atoms with Crippen molar-refractivity contribution >= 4 is 17.9 Å². The second-order valence-corrected chi connectivity index (χ2v) is 3.32. The summed E-state index contributed by atoms with van der Waals surface area (Å²) >= 11 is 0. The summed E-state index contributed by atoms with van der Waals surface area (Å²) in [7, 11) is 0. The molecular formula is C9H18N3Na3O9. The van der Waals surface area contributed by atoms with Gasteiger partial charge in [-0.25, -0.2) is 0 Å². The van der Waals surface area contributed by atoms with Gasteiger partial charge in [-0.15, -0.1) is 0 Å². The molecule has 126 valence electrons. The van der Waals surface area contributed by atoms with Crippen LogP contribution in [0.4, 0.5) is 0 Å². The van der Waals surface area contributed by atoms with E-state index >= 15 is 0 Å². The predicted octanol–water partition coefficient (Wildman–Crippen LogP) is -17.8. The molecule has 0 bridgehead atoms. The van der Waals surface area contributed by atoms with E-state index < -0.39 is 55.9 Å². The van der Waals surface area contributed by atoms with Gasteiger partial charge in [0.25, 0.3) is 0 Å². The van der Waals surface area contributed by atoms with Crippen LogP contribution in [0, 0.1) is 0 Å². The molecule has 0 aromatic carbocycles. The standard InChI is InChI=1S/3C3H7NO3.3Na/c3*4-2(1-5)3(6)7;;;/h3*2,5H,1,4H2,(H,6,7);;;/q;;;3*+1/p-3/t3*2-;;;/m000.../s1. The third-order valence-corrected chi connectivity index (χ3v) is 1.50. The number of carboxylic acids is 3. The zero-order valence-electron chi connectivity index (χ0n) is 13.9. The molecule has 0 saturated heterocycles. The zero-order valence-corrected chi connectivity index (χ0v) is 19.9. The Bertz CT molecular complexity index is 278. The number of carboxylic acid groups (broad SMARTS) is 3.